The fourth-order valence-electron chi connectivity index (χ4n) is 3.67. The van der Waals surface area contributed by atoms with E-state index in [1.165, 1.54) is 45.4 Å². The van der Waals surface area contributed by atoms with Crippen LogP contribution in [0.1, 0.15) is 25.7 Å². The molecule has 4 heteroatoms. The molecule has 3 atom stereocenters. The molecule has 3 heterocycles. The Hall–Kier alpha value is -0.160. The number of hydrogen-bond acceptors (Lipinski definition) is 4. The Balaban J connectivity index is 1.46. The second kappa shape index (κ2) is 5.87. The second-order valence-electron chi connectivity index (χ2n) is 6.14. The molecule has 4 nitrogen and oxygen atoms in total. The summed E-state index contributed by atoms with van der Waals surface area (Å²) in [7, 11) is 0. The summed E-state index contributed by atoms with van der Waals surface area (Å²) >= 11 is 0. The minimum atomic E-state index is -0.149. The van der Waals surface area contributed by atoms with Crippen LogP contribution in [0.5, 0.6) is 0 Å². The van der Waals surface area contributed by atoms with Crippen molar-refractivity contribution in [2.45, 2.75) is 37.8 Å². The summed E-state index contributed by atoms with van der Waals surface area (Å²) in [5.41, 5.74) is 0. The molecular formula is C14H26N2O2. The van der Waals surface area contributed by atoms with Crippen LogP contribution in [-0.2, 0) is 4.74 Å². The van der Waals surface area contributed by atoms with Crippen LogP contribution in [0, 0.1) is 5.92 Å². The summed E-state index contributed by atoms with van der Waals surface area (Å²) in [4.78, 5) is 5.19. The number of likely N-dealkylation sites (tertiary alicyclic amines) is 2. The first-order valence-electron chi connectivity index (χ1n) is 7.55. The first-order chi connectivity index (χ1) is 8.83. The van der Waals surface area contributed by atoms with Crippen molar-refractivity contribution in [1.29, 1.82) is 0 Å². The van der Waals surface area contributed by atoms with Crippen molar-refractivity contribution < 1.29 is 9.84 Å². The van der Waals surface area contributed by atoms with Crippen LogP contribution in [0.25, 0.3) is 0 Å². The lowest BCUT2D eigenvalue weighted by atomic mass is 9.98. The fourth-order valence-corrected chi connectivity index (χ4v) is 3.67. The number of aliphatic hydroxyl groups is 1. The molecule has 3 saturated heterocycles. The molecule has 0 bridgehead atoms. The van der Waals surface area contributed by atoms with Crippen LogP contribution in [0.3, 0.4) is 0 Å². The van der Waals surface area contributed by atoms with E-state index in [0.29, 0.717) is 5.92 Å². The van der Waals surface area contributed by atoms with Gasteiger partial charge in [0.2, 0.25) is 0 Å². The Morgan fingerprint density at radius 3 is 2.72 bits per heavy atom. The van der Waals surface area contributed by atoms with Gasteiger partial charge in [-0.05, 0) is 45.3 Å². The van der Waals surface area contributed by atoms with Crippen LogP contribution in [0.15, 0.2) is 0 Å². The van der Waals surface area contributed by atoms with E-state index >= 15 is 0 Å². The highest BCUT2D eigenvalue weighted by molar-refractivity contribution is 4.87. The molecule has 0 aliphatic carbocycles. The summed E-state index contributed by atoms with van der Waals surface area (Å²) in [5.74, 6) is 0.330. The van der Waals surface area contributed by atoms with Gasteiger partial charge in [0.1, 0.15) is 0 Å². The molecule has 0 aromatic heterocycles. The van der Waals surface area contributed by atoms with Crippen molar-refractivity contribution in [1.82, 2.24) is 9.80 Å². The molecule has 18 heavy (non-hydrogen) atoms. The second-order valence-corrected chi connectivity index (χ2v) is 6.14. The predicted octanol–water partition coefficient (Wildman–Crippen LogP) is 0.554. The maximum atomic E-state index is 9.99. The van der Waals surface area contributed by atoms with E-state index in [0.717, 1.165) is 32.2 Å². The van der Waals surface area contributed by atoms with Crippen LogP contribution in [0.4, 0.5) is 0 Å². The molecule has 3 aliphatic heterocycles. The van der Waals surface area contributed by atoms with Crippen LogP contribution < -0.4 is 0 Å². The van der Waals surface area contributed by atoms with Gasteiger partial charge in [0, 0.05) is 31.7 Å². The van der Waals surface area contributed by atoms with Gasteiger partial charge < -0.3 is 14.7 Å². The van der Waals surface area contributed by atoms with Gasteiger partial charge in [-0.15, -0.1) is 0 Å². The zero-order valence-electron chi connectivity index (χ0n) is 11.3. The summed E-state index contributed by atoms with van der Waals surface area (Å²) in [6.45, 7) is 7.49. The third-order valence-electron chi connectivity index (χ3n) is 4.83. The van der Waals surface area contributed by atoms with Crippen molar-refractivity contribution in [2.24, 2.45) is 5.92 Å². The summed E-state index contributed by atoms with van der Waals surface area (Å²) in [6.07, 6.45) is 4.74. The number of ether oxygens (including phenoxy) is 1. The molecule has 1 N–H and O–H groups in total. The first kappa shape index (κ1) is 12.9. The minimum absolute atomic E-state index is 0.149. The lowest BCUT2D eigenvalue weighted by Crippen LogP contribution is -2.41. The van der Waals surface area contributed by atoms with Gasteiger partial charge in [-0.3, -0.25) is 4.90 Å². The molecule has 0 saturated carbocycles. The zero-order valence-corrected chi connectivity index (χ0v) is 11.3. The SMILES string of the molecule is OC1CCOCC1CN1CCC(N2CCCC2)C1. The van der Waals surface area contributed by atoms with Gasteiger partial charge in [0.25, 0.3) is 0 Å². The molecule has 3 unspecified atom stereocenters. The highest BCUT2D eigenvalue weighted by Crippen LogP contribution is 2.23. The Kier molecular flexibility index (Phi) is 4.19. The van der Waals surface area contributed by atoms with E-state index in [4.69, 9.17) is 4.74 Å². The molecule has 3 rings (SSSR count). The fraction of sp³-hybridized carbons (Fsp3) is 1.00. The lowest BCUT2D eigenvalue weighted by Gasteiger charge is -2.31. The lowest BCUT2D eigenvalue weighted by molar-refractivity contribution is -0.0450. The number of nitrogens with zero attached hydrogens (tertiary/aromatic N) is 2. The predicted molar refractivity (Wildman–Crippen MR) is 70.6 cm³/mol. The third-order valence-corrected chi connectivity index (χ3v) is 4.83. The average molecular weight is 254 g/mol. The maximum absolute atomic E-state index is 9.99. The van der Waals surface area contributed by atoms with Gasteiger partial charge in [0.15, 0.2) is 0 Å². The molecule has 0 radical (unpaired) electrons. The van der Waals surface area contributed by atoms with Crippen molar-refractivity contribution in [3.63, 3.8) is 0 Å². The van der Waals surface area contributed by atoms with Crippen LogP contribution >= 0.6 is 0 Å². The molecular weight excluding hydrogens is 228 g/mol. The van der Waals surface area contributed by atoms with Crippen LogP contribution in [-0.4, -0.2) is 73.0 Å². The third kappa shape index (κ3) is 2.87. The summed E-state index contributed by atoms with van der Waals surface area (Å²) < 4.78 is 5.49. The topological polar surface area (TPSA) is 35.9 Å². The highest BCUT2D eigenvalue weighted by Gasteiger charge is 2.32. The minimum Gasteiger partial charge on any atom is -0.393 e. The maximum Gasteiger partial charge on any atom is 0.0624 e. The Bertz CT molecular complexity index is 269. The number of aliphatic hydroxyl groups excluding tert-OH is 1. The van der Waals surface area contributed by atoms with Crippen LogP contribution in [0.2, 0.25) is 0 Å². The van der Waals surface area contributed by atoms with Gasteiger partial charge in [0.05, 0.1) is 12.7 Å². The Morgan fingerprint density at radius 1 is 1.11 bits per heavy atom. The van der Waals surface area contributed by atoms with Crippen molar-refractivity contribution >= 4 is 0 Å². The first-order valence-corrected chi connectivity index (χ1v) is 7.55. The van der Waals surface area contributed by atoms with Gasteiger partial charge >= 0.3 is 0 Å². The van der Waals surface area contributed by atoms with Crippen molar-refractivity contribution in [3.05, 3.63) is 0 Å². The van der Waals surface area contributed by atoms with Gasteiger partial charge in [-0.1, -0.05) is 0 Å². The standard InChI is InChI=1S/C14H26N2O2/c17-14-4-8-18-11-12(14)9-15-7-3-13(10-15)16-5-1-2-6-16/h12-14,17H,1-11H2. The van der Waals surface area contributed by atoms with E-state index < -0.39 is 0 Å². The monoisotopic (exact) mass is 254 g/mol. The zero-order chi connectivity index (χ0) is 12.4. The molecule has 0 spiro atoms. The molecule has 104 valence electrons. The Labute approximate surface area is 110 Å². The number of rotatable bonds is 3. The van der Waals surface area contributed by atoms with E-state index in [9.17, 15) is 5.11 Å². The van der Waals surface area contributed by atoms with Crippen molar-refractivity contribution in [2.75, 3.05) is 45.9 Å². The normalized spacial score (nSPS) is 39.5. The average Bonchev–Trinajstić information content (AvgIpc) is 3.02. The largest absolute Gasteiger partial charge is 0.393 e. The summed E-state index contributed by atoms with van der Waals surface area (Å²) in [6, 6.07) is 0.772. The quantitative estimate of drug-likeness (QED) is 0.798. The van der Waals surface area contributed by atoms with Gasteiger partial charge in [-0.2, -0.15) is 0 Å². The van der Waals surface area contributed by atoms with E-state index in [1.54, 1.807) is 0 Å². The van der Waals surface area contributed by atoms with E-state index in [1.807, 2.05) is 0 Å². The molecule has 3 aliphatic rings. The van der Waals surface area contributed by atoms with E-state index in [2.05, 4.69) is 9.80 Å². The molecule has 0 aromatic carbocycles. The summed E-state index contributed by atoms with van der Waals surface area (Å²) in [5, 5.41) is 9.99. The highest BCUT2D eigenvalue weighted by atomic mass is 16.5. The Morgan fingerprint density at radius 2 is 1.94 bits per heavy atom. The molecule has 0 aromatic rings. The van der Waals surface area contributed by atoms with Gasteiger partial charge in [-0.25, -0.2) is 0 Å². The number of hydrogen-bond donors (Lipinski definition) is 1. The smallest absolute Gasteiger partial charge is 0.0624 e. The molecule has 0 amide bonds. The van der Waals surface area contributed by atoms with Crippen molar-refractivity contribution in [3.8, 4) is 0 Å². The van der Waals surface area contributed by atoms with E-state index in [-0.39, 0.29) is 6.10 Å². The molecule has 3 fully saturated rings.